The van der Waals surface area contributed by atoms with Crippen molar-refractivity contribution in [3.05, 3.63) is 29.0 Å². The molecule has 0 amide bonds. The van der Waals surface area contributed by atoms with E-state index in [2.05, 4.69) is 34.5 Å². The molecule has 0 saturated heterocycles. The van der Waals surface area contributed by atoms with Crippen LogP contribution < -0.4 is 11.3 Å². The van der Waals surface area contributed by atoms with E-state index in [1.165, 1.54) is 5.56 Å². The maximum absolute atomic E-state index is 5.31. The maximum atomic E-state index is 5.31. The average molecular weight is 202 g/mol. The van der Waals surface area contributed by atoms with Crippen LogP contribution in [0.2, 0.25) is 0 Å². The number of aromatic nitrogens is 2. The molecule has 0 radical (unpaired) electrons. The van der Waals surface area contributed by atoms with Gasteiger partial charge in [0, 0.05) is 5.39 Å². The van der Waals surface area contributed by atoms with Crippen molar-refractivity contribution in [3.63, 3.8) is 0 Å². The van der Waals surface area contributed by atoms with Gasteiger partial charge in [0.05, 0.1) is 11.2 Å². The van der Waals surface area contributed by atoms with Gasteiger partial charge in [0.2, 0.25) is 5.95 Å². The van der Waals surface area contributed by atoms with Crippen molar-refractivity contribution < 1.29 is 0 Å². The lowest BCUT2D eigenvalue weighted by atomic mass is 10.1. The molecule has 3 N–H and O–H groups in total. The van der Waals surface area contributed by atoms with Crippen molar-refractivity contribution >= 4 is 16.9 Å². The molecule has 1 aromatic carbocycles. The molecular weight excluding hydrogens is 188 g/mol. The zero-order valence-electron chi connectivity index (χ0n) is 9.13. The molecule has 0 fully saturated rings. The van der Waals surface area contributed by atoms with E-state index in [0.717, 1.165) is 22.2 Å². The number of nitrogens with two attached hydrogens (primary N) is 1. The lowest BCUT2D eigenvalue weighted by Gasteiger charge is -2.08. The first-order valence-electron chi connectivity index (χ1n) is 4.84. The Morgan fingerprint density at radius 3 is 2.53 bits per heavy atom. The number of aryl methyl sites for hydroxylation is 3. The Hall–Kier alpha value is -1.68. The molecule has 1 aromatic heterocycles. The summed E-state index contributed by atoms with van der Waals surface area (Å²) in [4.78, 5) is 8.60. The van der Waals surface area contributed by atoms with Gasteiger partial charge in [-0.15, -0.1) is 0 Å². The summed E-state index contributed by atoms with van der Waals surface area (Å²) in [5.41, 5.74) is 6.75. The molecule has 2 rings (SSSR count). The fourth-order valence-corrected chi connectivity index (χ4v) is 1.80. The van der Waals surface area contributed by atoms with Crippen molar-refractivity contribution in [2.75, 3.05) is 5.43 Å². The molecule has 15 heavy (non-hydrogen) atoms. The Kier molecular flexibility index (Phi) is 2.28. The summed E-state index contributed by atoms with van der Waals surface area (Å²) in [6.07, 6.45) is 0. The molecular formula is C11H14N4. The zero-order chi connectivity index (χ0) is 11.0. The lowest BCUT2D eigenvalue weighted by molar-refractivity contribution is 1.10. The van der Waals surface area contributed by atoms with E-state index in [0.29, 0.717) is 5.95 Å². The molecule has 0 aliphatic rings. The Morgan fingerprint density at radius 2 is 1.87 bits per heavy atom. The van der Waals surface area contributed by atoms with E-state index >= 15 is 0 Å². The van der Waals surface area contributed by atoms with Gasteiger partial charge in [-0.2, -0.15) is 0 Å². The van der Waals surface area contributed by atoms with Crippen LogP contribution >= 0.6 is 0 Å². The zero-order valence-corrected chi connectivity index (χ0v) is 9.13. The number of nitrogens with one attached hydrogen (secondary N) is 1. The van der Waals surface area contributed by atoms with Gasteiger partial charge in [0.1, 0.15) is 0 Å². The molecule has 0 aliphatic heterocycles. The van der Waals surface area contributed by atoms with E-state index in [-0.39, 0.29) is 0 Å². The highest BCUT2D eigenvalue weighted by atomic mass is 15.3. The summed E-state index contributed by atoms with van der Waals surface area (Å²) in [5.74, 6) is 5.78. The van der Waals surface area contributed by atoms with Crippen molar-refractivity contribution in [3.8, 4) is 0 Å². The van der Waals surface area contributed by atoms with Crippen LogP contribution in [0.15, 0.2) is 12.1 Å². The fraction of sp³-hybridized carbons (Fsp3) is 0.273. The smallest absolute Gasteiger partial charge is 0.237 e. The van der Waals surface area contributed by atoms with Crippen molar-refractivity contribution in [1.29, 1.82) is 0 Å². The number of rotatable bonds is 1. The number of hydrogen-bond acceptors (Lipinski definition) is 4. The second-order valence-electron chi connectivity index (χ2n) is 3.75. The lowest BCUT2D eigenvalue weighted by Crippen LogP contribution is -2.11. The summed E-state index contributed by atoms with van der Waals surface area (Å²) >= 11 is 0. The second-order valence-corrected chi connectivity index (χ2v) is 3.75. The molecule has 0 saturated carbocycles. The molecule has 0 spiro atoms. The van der Waals surface area contributed by atoms with E-state index < -0.39 is 0 Å². The number of hydrazine groups is 1. The number of anilines is 1. The molecule has 2 aromatic rings. The summed E-state index contributed by atoms with van der Waals surface area (Å²) in [6.45, 7) is 6.08. The van der Waals surface area contributed by atoms with Crippen molar-refractivity contribution in [1.82, 2.24) is 9.97 Å². The first-order valence-corrected chi connectivity index (χ1v) is 4.84. The highest BCUT2D eigenvalue weighted by Gasteiger charge is 2.06. The minimum Gasteiger partial charge on any atom is -0.292 e. The van der Waals surface area contributed by atoms with Crippen LogP contribution in [0.25, 0.3) is 10.9 Å². The fourth-order valence-electron chi connectivity index (χ4n) is 1.80. The van der Waals surface area contributed by atoms with Crippen molar-refractivity contribution in [2.24, 2.45) is 5.84 Å². The van der Waals surface area contributed by atoms with Crippen LogP contribution in [-0.4, -0.2) is 9.97 Å². The minimum absolute atomic E-state index is 0.465. The number of fused-ring (bicyclic) bond motifs is 1. The Balaban J connectivity index is 2.85. The quantitative estimate of drug-likeness (QED) is 0.547. The Labute approximate surface area is 88.5 Å². The third kappa shape index (κ3) is 1.64. The molecule has 0 atom stereocenters. The Bertz CT molecular complexity index is 519. The number of hydrogen-bond donors (Lipinski definition) is 2. The van der Waals surface area contributed by atoms with Gasteiger partial charge in [0.15, 0.2) is 0 Å². The molecule has 4 heteroatoms. The third-order valence-corrected chi connectivity index (χ3v) is 2.46. The number of nitrogens with zero attached hydrogens (tertiary/aromatic N) is 2. The van der Waals surface area contributed by atoms with Crippen LogP contribution in [-0.2, 0) is 0 Å². The molecule has 0 aliphatic carbocycles. The normalized spacial score (nSPS) is 10.7. The van der Waals surface area contributed by atoms with Crippen molar-refractivity contribution in [2.45, 2.75) is 20.8 Å². The predicted molar refractivity (Wildman–Crippen MR) is 61.6 cm³/mol. The largest absolute Gasteiger partial charge is 0.292 e. The molecule has 1 heterocycles. The summed E-state index contributed by atoms with van der Waals surface area (Å²) in [7, 11) is 0. The van der Waals surface area contributed by atoms with E-state index in [4.69, 9.17) is 5.84 Å². The first kappa shape index (κ1) is 9.86. The van der Waals surface area contributed by atoms with E-state index in [1.807, 2.05) is 13.8 Å². The van der Waals surface area contributed by atoms with Crippen LogP contribution in [0.5, 0.6) is 0 Å². The third-order valence-electron chi connectivity index (χ3n) is 2.46. The maximum Gasteiger partial charge on any atom is 0.237 e. The molecule has 4 nitrogen and oxygen atoms in total. The van der Waals surface area contributed by atoms with Crippen LogP contribution in [0.1, 0.15) is 16.8 Å². The standard InChI is InChI=1S/C11H14N4/c1-6-4-7(2)10-9(5-6)8(3)13-11(14-10)15-12/h4-5H,12H2,1-3H3,(H,13,14,15). The van der Waals surface area contributed by atoms with Gasteiger partial charge in [-0.05, 0) is 32.4 Å². The number of nitrogen functional groups attached to an aromatic ring is 1. The Morgan fingerprint density at radius 1 is 1.13 bits per heavy atom. The molecule has 0 bridgehead atoms. The van der Waals surface area contributed by atoms with Crippen LogP contribution in [0.4, 0.5) is 5.95 Å². The first-order chi connectivity index (χ1) is 7.11. The van der Waals surface area contributed by atoms with Crippen LogP contribution in [0.3, 0.4) is 0 Å². The predicted octanol–water partition coefficient (Wildman–Crippen LogP) is 1.84. The van der Waals surface area contributed by atoms with Gasteiger partial charge < -0.3 is 0 Å². The van der Waals surface area contributed by atoms with Gasteiger partial charge in [-0.3, -0.25) is 5.43 Å². The molecule has 78 valence electrons. The monoisotopic (exact) mass is 202 g/mol. The van der Waals surface area contributed by atoms with E-state index in [9.17, 15) is 0 Å². The minimum atomic E-state index is 0.465. The topological polar surface area (TPSA) is 63.8 Å². The SMILES string of the molecule is Cc1cc(C)c2nc(NN)nc(C)c2c1. The highest BCUT2D eigenvalue weighted by molar-refractivity contribution is 5.85. The van der Waals surface area contributed by atoms with Gasteiger partial charge in [-0.25, -0.2) is 15.8 Å². The highest BCUT2D eigenvalue weighted by Crippen LogP contribution is 2.21. The summed E-state index contributed by atoms with van der Waals surface area (Å²) < 4.78 is 0. The summed E-state index contributed by atoms with van der Waals surface area (Å²) in [6, 6.07) is 4.20. The van der Waals surface area contributed by atoms with Gasteiger partial charge >= 0.3 is 0 Å². The van der Waals surface area contributed by atoms with Crippen LogP contribution in [0, 0.1) is 20.8 Å². The number of benzene rings is 1. The van der Waals surface area contributed by atoms with Gasteiger partial charge in [0.25, 0.3) is 0 Å². The van der Waals surface area contributed by atoms with E-state index in [1.54, 1.807) is 0 Å². The van der Waals surface area contributed by atoms with Gasteiger partial charge in [-0.1, -0.05) is 11.6 Å². The summed E-state index contributed by atoms with van der Waals surface area (Å²) in [5, 5.41) is 1.09. The average Bonchev–Trinajstić information content (AvgIpc) is 2.19. The molecule has 0 unspecified atom stereocenters. The second kappa shape index (κ2) is 3.47.